The fourth-order valence-corrected chi connectivity index (χ4v) is 2.40. The third-order valence-corrected chi connectivity index (χ3v) is 3.65. The summed E-state index contributed by atoms with van der Waals surface area (Å²) in [4.78, 5) is 16.6. The Labute approximate surface area is 170 Å². The van der Waals surface area contributed by atoms with E-state index in [4.69, 9.17) is 0 Å². The van der Waals surface area contributed by atoms with Crippen LogP contribution in [0.1, 0.15) is 5.56 Å². The number of non-ortho nitro benzene ring substituents is 1. The molecule has 8 heteroatoms. The average molecular weight is 469 g/mol. The van der Waals surface area contributed by atoms with Crippen molar-refractivity contribution in [3.8, 4) is 0 Å². The second-order valence-electron chi connectivity index (χ2n) is 5.55. The van der Waals surface area contributed by atoms with Gasteiger partial charge in [0.1, 0.15) is 0 Å². The summed E-state index contributed by atoms with van der Waals surface area (Å²) in [6.07, 6.45) is 0. The molecule has 0 fully saturated rings. The number of hydrogen-bond acceptors (Lipinski definition) is 4. The minimum Gasteiger partial charge on any atom is -0.383 e. The Balaban J connectivity index is 0.00000338. The van der Waals surface area contributed by atoms with Gasteiger partial charge in [-0.15, -0.1) is 24.0 Å². The molecule has 26 heavy (non-hydrogen) atoms. The molecule has 0 aliphatic heterocycles. The van der Waals surface area contributed by atoms with Gasteiger partial charge in [0.25, 0.3) is 5.69 Å². The maximum atomic E-state index is 10.6. The normalized spacial score (nSPS) is 10.6. The molecule has 0 aromatic heterocycles. The number of guanidine groups is 1. The van der Waals surface area contributed by atoms with E-state index in [1.807, 2.05) is 25.2 Å². The summed E-state index contributed by atoms with van der Waals surface area (Å²) >= 11 is 0. The van der Waals surface area contributed by atoms with Crippen LogP contribution in [0.4, 0.5) is 11.4 Å². The summed E-state index contributed by atoms with van der Waals surface area (Å²) in [7, 11) is 3.75. The van der Waals surface area contributed by atoms with Crippen molar-refractivity contribution in [1.29, 1.82) is 0 Å². The van der Waals surface area contributed by atoms with Crippen LogP contribution in [0.25, 0.3) is 0 Å². The summed E-state index contributed by atoms with van der Waals surface area (Å²) in [5, 5.41) is 17.1. The highest BCUT2D eigenvalue weighted by atomic mass is 127. The van der Waals surface area contributed by atoms with Crippen molar-refractivity contribution in [3.63, 3.8) is 0 Å². The number of benzene rings is 2. The Morgan fingerprint density at radius 1 is 1.12 bits per heavy atom. The van der Waals surface area contributed by atoms with Gasteiger partial charge in [0.05, 0.1) is 4.92 Å². The molecule has 140 valence electrons. The molecule has 2 rings (SSSR count). The minimum atomic E-state index is -0.405. The van der Waals surface area contributed by atoms with Gasteiger partial charge in [0.15, 0.2) is 5.96 Å². The zero-order valence-electron chi connectivity index (χ0n) is 14.9. The van der Waals surface area contributed by atoms with Crippen molar-refractivity contribution in [2.45, 2.75) is 6.54 Å². The van der Waals surface area contributed by atoms with E-state index >= 15 is 0 Å². The van der Waals surface area contributed by atoms with Crippen LogP contribution in [0.2, 0.25) is 0 Å². The van der Waals surface area contributed by atoms with E-state index in [2.05, 4.69) is 32.7 Å². The van der Waals surface area contributed by atoms with Crippen LogP contribution < -0.4 is 10.6 Å². The molecule has 0 aliphatic carbocycles. The average Bonchev–Trinajstić information content (AvgIpc) is 2.63. The highest BCUT2D eigenvalue weighted by molar-refractivity contribution is 14.0. The molecule has 0 heterocycles. The maximum Gasteiger partial charge on any atom is 0.269 e. The predicted octanol–water partition coefficient (Wildman–Crippen LogP) is 3.33. The molecule has 0 bridgehead atoms. The zero-order valence-corrected chi connectivity index (χ0v) is 17.2. The second-order valence-corrected chi connectivity index (χ2v) is 5.55. The second kappa shape index (κ2) is 11.3. The van der Waals surface area contributed by atoms with E-state index in [0.29, 0.717) is 13.1 Å². The molecule has 0 unspecified atom stereocenters. The summed E-state index contributed by atoms with van der Waals surface area (Å²) in [5.74, 6) is 0.814. The van der Waals surface area contributed by atoms with Gasteiger partial charge in [-0.25, -0.2) is 0 Å². The van der Waals surface area contributed by atoms with Crippen molar-refractivity contribution in [2.24, 2.45) is 4.99 Å². The van der Waals surface area contributed by atoms with Crippen molar-refractivity contribution in [1.82, 2.24) is 10.2 Å². The standard InChI is InChI=1S/C18H23N5O2.HI/c1-19-18(22(2)14-15-6-4-3-5-7-15)21-13-12-20-16-8-10-17(11-9-16)23(24)25;/h3-11,20H,12-14H2,1-2H3,(H,19,21);1H. The van der Waals surface area contributed by atoms with Crippen LogP contribution in [-0.4, -0.2) is 43.0 Å². The Hall–Kier alpha value is -2.36. The van der Waals surface area contributed by atoms with E-state index in [-0.39, 0.29) is 29.7 Å². The number of rotatable bonds is 7. The smallest absolute Gasteiger partial charge is 0.269 e. The Kier molecular flexibility index (Phi) is 9.42. The van der Waals surface area contributed by atoms with Gasteiger partial charge < -0.3 is 15.5 Å². The Bertz CT molecular complexity index is 707. The lowest BCUT2D eigenvalue weighted by Crippen LogP contribution is -2.40. The fraction of sp³-hybridized carbons (Fsp3) is 0.278. The van der Waals surface area contributed by atoms with Gasteiger partial charge >= 0.3 is 0 Å². The topological polar surface area (TPSA) is 82.8 Å². The molecule has 0 spiro atoms. The van der Waals surface area contributed by atoms with E-state index in [1.54, 1.807) is 19.2 Å². The number of nitrogens with zero attached hydrogens (tertiary/aromatic N) is 3. The van der Waals surface area contributed by atoms with Crippen molar-refractivity contribution in [2.75, 3.05) is 32.5 Å². The first-order chi connectivity index (χ1) is 12.1. The quantitative estimate of drug-likeness (QED) is 0.162. The van der Waals surface area contributed by atoms with Crippen LogP contribution in [0.3, 0.4) is 0 Å². The van der Waals surface area contributed by atoms with E-state index in [9.17, 15) is 10.1 Å². The highest BCUT2D eigenvalue weighted by Crippen LogP contribution is 2.14. The number of nitro groups is 1. The van der Waals surface area contributed by atoms with Crippen molar-refractivity contribution < 1.29 is 4.92 Å². The summed E-state index contributed by atoms with van der Waals surface area (Å²) in [5.41, 5.74) is 2.16. The molecule has 0 aliphatic rings. The number of aliphatic imine (C=N–C) groups is 1. The minimum absolute atomic E-state index is 0. The van der Waals surface area contributed by atoms with Gasteiger partial charge in [-0.3, -0.25) is 15.1 Å². The largest absolute Gasteiger partial charge is 0.383 e. The van der Waals surface area contributed by atoms with Crippen molar-refractivity contribution >= 4 is 41.3 Å². The SMILES string of the molecule is CN=C(NCCNc1ccc([N+](=O)[O-])cc1)N(C)Cc1ccccc1.I. The Morgan fingerprint density at radius 2 is 1.77 bits per heavy atom. The van der Waals surface area contributed by atoms with Crippen molar-refractivity contribution in [3.05, 3.63) is 70.3 Å². The third kappa shape index (κ3) is 6.87. The van der Waals surface area contributed by atoms with E-state index < -0.39 is 4.92 Å². The molecule has 2 N–H and O–H groups in total. The lowest BCUT2D eigenvalue weighted by Gasteiger charge is -2.22. The lowest BCUT2D eigenvalue weighted by atomic mass is 10.2. The first-order valence-corrected chi connectivity index (χ1v) is 8.04. The maximum absolute atomic E-state index is 10.6. The molecule has 0 amide bonds. The van der Waals surface area contributed by atoms with Crippen LogP contribution >= 0.6 is 24.0 Å². The first-order valence-electron chi connectivity index (χ1n) is 8.04. The van der Waals surface area contributed by atoms with Crippen LogP contribution in [0.5, 0.6) is 0 Å². The monoisotopic (exact) mass is 469 g/mol. The highest BCUT2D eigenvalue weighted by Gasteiger charge is 2.06. The molecule has 2 aromatic carbocycles. The van der Waals surface area contributed by atoms with Gasteiger partial charge in [-0.1, -0.05) is 30.3 Å². The van der Waals surface area contributed by atoms with Gasteiger partial charge in [0.2, 0.25) is 0 Å². The van der Waals surface area contributed by atoms with Gasteiger partial charge in [-0.05, 0) is 17.7 Å². The lowest BCUT2D eigenvalue weighted by molar-refractivity contribution is -0.384. The molecular formula is C18H24IN5O2. The number of nitrogens with one attached hydrogen (secondary N) is 2. The number of halogens is 1. The van der Waals surface area contributed by atoms with Crippen LogP contribution in [-0.2, 0) is 6.54 Å². The van der Waals surface area contributed by atoms with Crippen LogP contribution in [0.15, 0.2) is 59.6 Å². The molecule has 0 radical (unpaired) electrons. The summed E-state index contributed by atoms with van der Waals surface area (Å²) < 4.78 is 0. The van der Waals surface area contributed by atoms with Gasteiger partial charge in [0, 0.05) is 51.5 Å². The zero-order chi connectivity index (χ0) is 18.1. The molecule has 0 saturated carbocycles. The first kappa shape index (κ1) is 21.7. The molecule has 0 atom stereocenters. The number of anilines is 1. The van der Waals surface area contributed by atoms with E-state index in [1.165, 1.54) is 17.7 Å². The molecule has 0 saturated heterocycles. The summed E-state index contributed by atoms with van der Waals surface area (Å²) in [6.45, 7) is 2.13. The predicted molar refractivity (Wildman–Crippen MR) is 116 cm³/mol. The van der Waals surface area contributed by atoms with Gasteiger partial charge in [-0.2, -0.15) is 0 Å². The fourth-order valence-electron chi connectivity index (χ4n) is 2.40. The third-order valence-electron chi connectivity index (χ3n) is 3.65. The van der Waals surface area contributed by atoms with Crippen LogP contribution in [0, 0.1) is 10.1 Å². The molecular weight excluding hydrogens is 445 g/mol. The summed E-state index contributed by atoms with van der Waals surface area (Å²) in [6, 6.07) is 16.6. The number of nitro benzene ring substituents is 1. The number of hydrogen-bond donors (Lipinski definition) is 2. The van der Waals surface area contributed by atoms with E-state index in [0.717, 1.165) is 18.2 Å². The Morgan fingerprint density at radius 3 is 2.35 bits per heavy atom. The molecule has 2 aromatic rings. The molecule has 7 nitrogen and oxygen atoms in total.